The van der Waals surface area contributed by atoms with Crippen molar-refractivity contribution in [1.29, 1.82) is 0 Å². The summed E-state index contributed by atoms with van der Waals surface area (Å²) in [7, 11) is -3.19. The fraction of sp³-hybridized carbons (Fsp3) is 0.588. The third-order valence-electron chi connectivity index (χ3n) is 5.04. The average molecular weight is 389 g/mol. The second kappa shape index (κ2) is 7.21. The van der Waals surface area contributed by atoms with Gasteiger partial charge in [-0.25, -0.2) is 12.8 Å². The first-order valence-electron chi connectivity index (χ1n) is 8.46. The summed E-state index contributed by atoms with van der Waals surface area (Å²) in [6, 6.07) is 4.53. The minimum Gasteiger partial charge on any atom is -0.353 e. The minimum atomic E-state index is -3.19. The first kappa shape index (κ1) is 18.6. The van der Waals surface area contributed by atoms with E-state index in [0.717, 1.165) is 18.4 Å². The zero-order valence-electron chi connectivity index (χ0n) is 14.0. The quantitative estimate of drug-likeness (QED) is 0.842. The van der Waals surface area contributed by atoms with E-state index in [0.29, 0.717) is 19.3 Å². The number of carbonyl (C=O) groups is 1. The predicted octanol–water partition coefficient (Wildman–Crippen LogP) is 2.48. The molecule has 5 nitrogen and oxygen atoms in total. The van der Waals surface area contributed by atoms with Crippen molar-refractivity contribution in [3.8, 4) is 0 Å². The molecule has 1 aromatic rings. The standard InChI is InChI=1S/C17H22ClFN2O3S/c1-25(23,24)21-13-4-5-14(21)10-12(9-13)20-17(22)7-3-11-2-6-15(18)16(19)8-11/h2,6,8,12-14H,3-5,7,9-10H2,1H3,(H,20,22). The largest absolute Gasteiger partial charge is 0.353 e. The lowest BCUT2D eigenvalue weighted by atomic mass is 9.99. The number of hydrogen-bond acceptors (Lipinski definition) is 3. The summed E-state index contributed by atoms with van der Waals surface area (Å²) < 4.78 is 38.8. The molecule has 2 atom stereocenters. The molecule has 0 spiro atoms. The molecule has 2 heterocycles. The van der Waals surface area contributed by atoms with Crippen LogP contribution in [0.25, 0.3) is 0 Å². The van der Waals surface area contributed by atoms with E-state index >= 15 is 0 Å². The summed E-state index contributed by atoms with van der Waals surface area (Å²) >= 11 is 5.65. The van der Waals surface area contributed by atoms with Crippen LogP contribution in [0.2, 0.25) is 5.02 Å². The van der Waals surface area contributed by atoms with Crippen LogP contribution in [0, 0.1) is 5.82 Å². The SMILES string of the molecule is CS(=O)(=O)N1C2CCC1CC(NC(=O)CCc1ccc(Cl)c(F)c1)C2. The zero-order valence-corrected chi connectivity index (χ0v) is 15.6. The Kier molecular flexibility index (Phi) is 5.37. The number of aryl methyl sites for hydroxylation is 1. The van der Waals surface area contributed by atoms with Crippen LogP contribution in [-0.2, 0) is 21.2 Å². The molecule has 0 aliphatic carbocycles. The summed E-state index contributed by atoms with van der Waals surface area (Å²) in [6.45, 7) is 0. The highest BCUT2D eigenvalue weighted by atomic mass is 35.5. The molecule has 2 fully saturated rings. The van der Waals surface area contributed by atoms with Crippen LogP contribution in [-0.4, -0.2) is 43.0 Å². The molecule has 1 amide bonds. The maximum atomic E-state index is 13.4. The van der Waals surface area contributed by atoms with Gasteiger partial charge >= 0.3 is 0 Å². The van der Waals surface area contributed by atoms with Gasteiger partial charge in [0.05, 0.1) is 11.3 Å². The van der Waals surface area contributed by atoms with E-state index in [2.05, 4.69) is 5.32 Å². The average Bonchev–Trinajstić information content (AvgIpc) is 2.81. The number of sulfonamides is 1. The van der Waals surface area contributed by atoms with Crippen molar-refractivity contribution >= 4 is 27.5 Å². The Morgan fingerprint density at radius 2 is 1.96 bits per heavy atom. The van der Waals surface area contributed by atoms with Gasteiger partial charge in [0.15, 0.2) is 0 Å². The molecule has 2 aliphatic rings. The number of benzene rings is 1. The Morgan fingerprint density at radius 3 is 2.52 bits per heavy atom. The summed E-state index contributed by atoms with van der Waals surface area (Å²) in [5.41, 5.74) is 0.726. The van der Waals surface area contributed by atoms with E-state index in [1.54, 1.807) is 10.4 Å². The van der Waals surface area contributed by atoms with Gasteiger partial charge in [-0.15, -0.1) is 0 Å². The Balaban J connectivity index is 1.52. The highest BCUT2D eigenvalue weighted by Crippen LogP contribution is 2.37. The van der Waals surface area contributed by atoms with Crippen LogP contribution < -0.4 is 5.32 Å². The minimum absolute atomic E-state index is 0.00459. The van der Waals surface area contributed by atoms with Crippen molar-refractivity contribution in [2.24, 2.45) is 0 Å². The predicted molar refractivity (Wildman–Crippen MR) is 94.4 cm³/mol. The number of fused-ring (bicyclic) bond motifs is 2. The smallest absolute Gasteiger partial charge is 0.220 e. The Hall–Kier alpha value is -1.18. The molecule has 1 aromatic carbocycles. The van der Waals surface area contributed by atoms with Crippen molar-refractivity contribution < 1.29 is 17.6 Å². The van der Waals surface area contributed by atoms with Crippen LogP contribution in [0.4, 0.5) is 4.39 Å². The summed E-state index contributed by atoms with van der Waals surface area (Å²) in [4.78, 5) is 12.2. The fourth-order valence-electron chi connectivity index (χ4n) is 4.05. The van der Waals surface area contributed by atoms with E-state index in [1.807, 2.05) is 0 Å². The number of halogens is 2. The molecule has 2 aliphatic heterocycles. The number of nitrogens with one attached hydrogen (secondary N) is 1. The van der Waals surface area contributed by atoms with Crippen molar-refractivity contribution in [3.63, 3.8) is 0 Å². The van der Waals surface area contributed by atoms with Gasteiger partial charge in [-0.1, -0.05) is 17.7 Å². The molecule has 1 N–H and O–H groups in total. The van der Waals surface area contributed by atoms with Gasteiger partial charge in [0.25, 0.3) is 0 Å². The van der Waals surface area contributed by atoms with Gasteiger partial charge in [0, 0.05) is 24.5 Å². The van der Waals surface area contributed by atoms with Crippen molar-refractivity contribution in [2.45, 2.75) is 56.7 Å². The van der Waals surface area contributed by atoms with Gasteiger partial charge in [-0.2, -0.15) is 4.31 Å². The molecule has 2 saturated heterocycles. The van der Waals surface area contributed by atoms with Gasteiger partial charge in [0.1, 0.15) is 5.82 Å². The Morgan fingerprint density at radius 1 is 1.32 bits per heavy atom. The van der Waals surface area contributed by atoms with E-state index in [-0.39, 0.29) is 35.5 Å². The second-order valence-electron chi connectivity index (χ2n) is 6.96. The lowest BCUT2D eigenvalue weighted by molar-refractivity contribution is -0.122. The van der Waals surface area contributed by atoms with E-state index < -0.39 is 15.8 Å². The number of hydrogen-bond donors (Lipinski definition) is 1. The van der Waals surface area contributed by atoms with E-state index in [4.69, 9.17) is 11.6 Å². The lowest BCUT2D eigenvalue weighted by Crippen LogP contribution is -2.52. The number of carbonyl (C=O) groups excluding carboxylic acids is 1. The third kappa shape index (κ3) is 4.33. The molecular formula is C17H22ClFN2O3S. The second-order valence-corrected chi connectivity index (χ2v) is 9.26. The van der Waals surface area contributed by atoms with Gasteiger partial charge in [0.2, 0.25) is 15.9 Å². The van der Waals surface area contributed by atoms with Gasteiger partial charge in [-0.05, 0) is 49.8 Å². The molecule has 2 bridgehead atoms. The van der Waals surface area contributed by atoms with E-state index in [1.165, 1.54) is 18.4 Å². The third-order valence-corrected chi connectivity index (χ3v) is 6.71. The van der Waals surface area contributed by atoms with Crippen LogP contribution >= 0.6 is 11.6 Å². The molecule has 138 valence electrons. The summed E-state index contributed by atoms with van der Waals surface area (Å²) in [6.07, 6.45) is 4.98. The zero-order chi connectivity index (χ0) is 18.2. The van der Waals surface area contributed by atoms with Crippen LogP contribution in [0.1, 0.15) is 37.7 Å². The normalized spacial score (nSPS) is 26.6. The van der Waals surface area contributed by atoms with Crippen LogP contribution in [0.15, 0.2) is 18.2 Å². The number of nitrogens with zero attached hydrogens (tertiary/aromatic N) is 1. The molecule has 8 heteroatoms. The first-order valence-corrected chi connectivity index (χ1v) is 10.7. The van der Waals surface area contributed by atoms with Crippen LogP contribution in [0.5, 0.6) is 0 Å². The highest BCUT2D eigenvalue weighted by Gasteiger charge is 2.45. The lowest BCUT2D eigenvalue weighted by Gasteiger charge is -2.37. The molecule has 0 aromatic heterocycles. The maximum absolute atomic E-state index is 13.4. The fourth-order valence-corrected chi connectivity index (χ4v) is 5.63. The van der Waals surface area contributed by atoms with Crippen LogP contribution in [0.3, 0.4) is 0 Å². The molecule has 0 saturated carbocycles. The van der Waals surface area contributed by atoms with Crippen molar-refractivity contribution in [3.05, 3.63) is 34.6 Å². The molecule has 2 unspecified atom stereocenters. The highest BCUT2D eigenvalue weighted by molar-refractivity contribution is 7.88. The molecule has 25 heavy (non-hydrogen) atoms. The van der Waals surface area contributed by atoms with Crippen molar-refractivity contribution in [1.82, 2.24) is 9.62 Å². The molecule has 3 rings (SSSR count). The monoisotopic (exact) mass is 388 g/mol. The Labute approximate surface area is 152 Å². The maximum Gasteiger partial charge on any atom is 0.220 e. The number of piperidine rings is 1. The first-order chi connectivity index (χ1) is 11.7. The Bertz CT molecular complexity index is 757. The molecular weight excluding hydrogens is 367 g/mol. The number of amides is 1. The summed E-state index contributed by atoms with van der Waals surface area (Å²) in [5.74, 6) is -0.572. The molecule has 0 radical (unpaired) electrons. The topological polar surface area (TPSA) is 66.5 Å². The number of rotatable bonds is 5. The van der Waals surface area contributed by atoms with Gasteiger partial charge < -0.3 is 5.32 Å². The van der Waals surface area contributed by atoms with Gasteiger partial charge in [-0.3, -0.25) is 4.79 Å². The van der Waals surface area contributed by atoms with Crippen molar-refractivity contribution in [2.75, 3.05) is 6.26 Å². The van der Waals surface area contributed by atoms with E-state index in [9.17, 15) is 17.6 Å². The summed E-state index contributed by atoms with van der Waals surface area (Å²) in [5, 5.41) is 3.08.